The molecule has 0 aromatic rings. The van der Waals surface area contributed by atoms with Crippen LogP contribution in [-0.2, 0) is 10.1 Å². The van der Waals surface area contributed by atoms with E-state index < -0.39 is 22.0 Å². The van der Waals surface area contributed by atoms with Gasteiger partial charge in [0.15, 0.2) is 0 Å². The molecule has 0 spiro atoms. The molecule has 0 saturated carbocycles. The minimum atomic E-state index is -4.28. The molecule has 54 valence electrons. The van der Waals surface area contributed by atoms with Gasteiger partial charge in [0.05, 0.1) is 5.75 Å². The Balaban J connectivity index is 3.95. The second-order valence-electron chi connectivity index (χ2n) is 1.24. The minimum absolute atomic E-state index is 0.120. The molecule has 0 rings (SSSR count). The lowest BCUT2D eigenvalue weighted by atomic mass is 10.7. The minimum Gasteiger partial charge on any atom is -0.285 e. The largest absolute Gasteiger partial charge is 0.285 e. The van der Waals surface area contributed by atoms with E-state index in [2.05, 4.69) is 0 Å². The topological polar surface area (TPSA) is 54.4 Å². The predicted molar refractivity (Wildman–Crippen MR) is 26.7 cm³/mol. The molecule has 3 nitrogen and oxygen atoms in total. The van der Waals surface area contributed by atoms with Crippen LogP contribution in [0.3, 0.4) is 0 Å². The monoisotopic (exact) mass is 158 g/mol. The summed E-state index contributed by atoms with van der Waals surface area (Å²) in [5.74, 6) is -1.03. The van der Waals surface area contributed by atoms with Gasteiger partial charge in [0.25, 0.3) is 16.2 Å². The lowest BCUT2D eigenvalue weighted by Crippen LogP contribution is -2.00. The van der Waals surface area contributed by atoms with Gasteiger partial charge in [0.2, 0.25) is 0 Å². The number of hydrogen-bond acceptors (Lipinski definition) is 2. The molecule has 9 heavy (non-hydrogen) atoms. The van der Waals surface area contributed by atoms with Crippen LogP contribution in [0.25, 0.3) is 0 Å². The molecule has 6 heteroatoms. The zero-order valence-electron chi connectivity index (χ0n) is 4.21. The molecule has 0 unspecified atom stereocenters. The summed E-state index contributed by atoms with van der Waals surface area (Å²) in [4.78, 5) is 0. The van der Waals surface area contributed by atoms with E-state index in [1.165, 1.54) is 0 Å². The molecule has 0 saturated heterocycles. The fourth-order valence-corrected chi connectivity index (χ4v) is 0.505. The lowest BCUT2D eigenvalue weighted by Gasteiger charge is -1.84. The van der Waals surface area contributed by atoms with Crippen LogP contribution in [0, 0.1) is 0 Å². The highest BCUT2D eigenvalue weighted by Gasteiger charge is 2.01. The first kappa shape index (κ1) is 8.51. The van der Waals surface area contributed by atoms with Crippen LogP contribution in [0.4, 0.5) is 8.78 Å². The van der Waals surface area contributed by atoms with Gasteiger partial charge in [0, 0.05) is 0 Å². The van der Waals surface area contributed by atoms with E-state index in [0.717, 1.165) is 0 Å². The van der Waals surface area contributed by atoms with Crippen LogP contribution in [0.15, 0.2) is 12.2 Å². The van der Waals surface area contributed by atoms with Crippen LogP contribution in [0.5, 0.6) is 0 Å². The van der Waals surface area contributed by atoms with Crippen molar-refractivity contribution in [3.05, 3.63) is 12.2 Å². The van der Waals surface area contributed by atoms with Crippen molar-refractivity contribution in [3.63, 3.8) is 0 Å². The molecule has 0 atom stereocenters. The second-order valence-corrected chi connectivity index (χ2v) is 2.74. The van der Waals surface area contributed by atoms with Crippen LogP contribution in [0.2, 0.25) is 0 Å². The zero-order chi connectivity index (χ0) is 7.49. The standard InChI is InChI=1S/C3H4F2O3S/c4-3(5)1-2-9(6,7)8/h1H,2H2,(H,6,7,8). The molecule has 0 radical (unpaired) electrons. The summed E-state index contributed by atoms with van der Waals surface area (Å²) < 4.78 is 49.4. The summed E-state index contributed by atoms with van der Waals surface area (Å²) in [7, 11) is -4.28. The molecule has 0 aliphatic carbocycles. The average molecular weight is 158 g/mol. The van der Waals surface area contributed by atoms with Crippen molar-refractivity contribution in [1.29, 1.82) is 0 Å². The maximum Gasteiger partial charge on any atom is 0.268 e. The first-order valence-corrected chi connectivity index (χ1v) is 3.49. The zero-order valence-corrected chi connectivity index (χ0v) is 5.03. The van der Waals surface area contributed by atoms with E-state index in [-0.39, 0.29) is 6.08 Å². The van der Waals surface area contributed by atoms with Crippen LogP contribution < -0.4 is 0 Å². The smallest absolute Gasteiger partial charge is 0.268 e. The Hall–Kier alpha value is -0.490. The number of rotatable bonds is 2. The van der Waals surface area contributed by atoms with Crippen LogP contribution in [0.1, 0.15) is 0 Å². The third-order valence-electron chi connectivity index (χ3n) is 0.448. The van der Waals surface area contributed by atoms with Crippen molar-refractivity contribution in [1.82, 2.24) is 0 Å². The molecule has 0 aliphatic rings. The molecular weight excluding hydrogens is 154 g/mol. The van der Waals surface area contributed by atoms with Crippen molar-refractivity contribution < 1.29 is 21.8 Å². The fraction of sp³-hybridized carbons (Fsp3) is 0.333. The molecule has 1 N–H and O–H groups in total. The van der Waals surface area contributed by atoms with Gasteiger partial charge in [-0.3, -0.25) is 4.55 Å². The van der Waals surface area contributed by atoms with E-state index in [4.69, 9.17) is 4.55 Å². The molecule has 0 fully saturated rings. The van der Waals surface area contributed by atoms with E-state index >= 15 is 0 Å². The Bertz CT molecular complexity index is 201. The molecule has 0 amide bonds. The van der Waals surface area contributed by atoms with E-state index in [1.54, 1.807) is 0 Å². The first-order chi connectivity index (χ1) is 3.92. The number of hydrogen-bond donors (Lipinski definition) is 1. The molecule has 0 aliphatic heterocycles. The van der Waals surface area contributed by atoms with Crippen molar-refractivity contribution in [2.75, 3.05) is 5.75 Å². The van der Waals surface area contributed by atoms with Gasteiger partial charge in [-0.25, -0.2) is 0 Å². The van der Waals surface area contributed by atoms with Gasteiger partial charge in [-0.15, -0.1) is 0 Å². The molecule has 0 aromatic carbocycles. The van der Waals surface area contributed by atoms with Gasteiger partial charge in [-0.1, -0.05) is 0 Å². The Morgan fingerprint density at radius 1 is 1.56 bits per heavy atom. The summed E-state index contributed by atoms with van der Waals surface area (Å²) in [6, 6.07) is 0. The molecule has 0 aromatic heterocycles. The van der Waals surface area contributed by atoms with E-state index in [0.29, 0.717) is 0 Å². The van der Waals surface area contributed by atoms with Gasteiger partial charge in [-0.05, 0) is 6.08 Å². The second kappa shape index (κ2) is 2.88. The van der Waals surface area contributed by atoms with Crippen molar-refractivity contribution in [2.24, 2.45) is 0 Å². The third-order valence-corrected chi connectivity index (χ3v) is 1.04. The molecule has 0 heterocycles. The fourth-order valence-electron chi connectivity index (χ4n) is 0.168. The maximum atomic E-state index is 11.1. The normalized spacial score (nSPS) is 11.0. The average Bonchev–Trinajstić information content (AvgIpc) is 1.59. The van der Waals surface area contributed by atoms with Crippen molar-refractivity contribution >= 4 is 10.1 Å². The summed E-state index contributed by atoms with van der Waals surface area (Å²) in [6.07, 6.45) is -2.00. The van der Waals surface area contributed by atoms with Gasteiger partial charge in [-0.2, -0.15) is 17.2 Å². The predicted octanol–water partition coefficient (Wildman–Crippen LogP) is 0.655. The highest BCUT2D eigenvalue weighted by atomic mass is 32.2. The van der Waals surface area contributed by atoms with Crippen LogP contribution >= 0.6 is 0 Å². The third kappa shape index (κ3) is 7.51. The van der Waals surface area contributed by atoms with Gasteiger partial charge < -0.3 is 0 Å². The van der Waals surface area contributed by atoms with Crippen molar-refractivity contribution in [3.8, 4) is 0 Å². The van der Waals surface area contributed by atoms with E-state index in [9.17, 15) is 17.2 Å². The Labute approximate surface area is 50.7 Å². The SMILES string of the molecule is O=S(=O)(O)CC=C(F)F. The summed E-state index contributed by atoms with van der Waals surface area (Å²) in [5.41, 5.74) is 0. The van der Waals surface area contributed by atoms with Gasteiger partial charge >= 0.3 is 0 Å². The maximum absolute atomic E-state index is 11.1. The lowest BCUT2D eigenvalue weighted by molar-refractivity contribution is 0.418. The van der Waals surface area contributed by atoms with Crippen LogP contribution in [-0.4, -0.2) is 18.7 Å². The molecule has 0 bridgehead atoms. The quantitative estimate of drug-likeness (QED) is 0.600. The summed E-state index contributed by atoms with van der Waals surface area (Å²) >= 11 is 0. The highest BCUT2D eigenvalue weighted by Crippen LogP contribution is 1.96. The Morgan fingerprint density at radius 3 is 2.11 bits per heavy atom. The van der Waals surface area contributed by atoms with Crippen molar-refractivity contribution in [2.45, 2.75) is 0 Å². The Morgan fingerprint density at radius 2 is 2.00 bits per heavy atom. The molecular formula is C3H4F2O3S. The van der Waals surface area contributed by atoms with Gasteiger partial charge in [0.1, 0.15) is 0 Å². The highest BCUT2D eigenvalue weighted by molar-refractivity contribution is 7.85. The summed E-state index contributed by atoms with van der Waals surface area (Å²) in [5, 5.41) is 0. The van der Waals surface area contributed by atoms with E-state index in [1.807, 2.05) is 0 Å². The number of halogens is 2. The first-order valence-electron chi connectivity index (χ1n) is 1.88. The summed E-state index contributed by atoms with van der Waals surface area (Å²) in [6.45, 7) is 0. The Kier molecular flexibility index (Phi) is 2.72.